The van der Waals surface area contributed by atoms with Crippen LogP contribution >= 0.6 is 0 Å². The van der Waals surface area contributed by atoms with Gasteiger partial charge in [-0.1, -0.05) is 25.1 Å². The van der Waals surface area contributed by atoms with Crippen molar-refractivity contribution in [3.8, 4) is 0 Å². The van der Waals surface area contributed by atoms with Crippen molar-refractivity contribution in [2.24, 2.45) is 0 Å². The smallest absolute Gasteiger partial charge is 0.326 e. The predicted octanol–water partition coefficient (Wildman–Crippen LogP) is 1.94. The lowest BCUT2D eigenvalue weighted by Gasteiger charge is -2.22. The van der Waals surface area contributed by atoms with Crippen molar-refractivity contribution in [3.05, 3.63) is 35.4 Å². The van der Waals surface area contributed by atoms with E-state index in [-0.39, 0.29) is 5.91 Å². The molecule has 1 heterocycles. The van der Waals surface area contributed by atoms with Gasteiger partial charge in [0.05, 0.1) is 0 Å². The second kappa shape index (κ2) is 5.21. The first-order chi connectivity index (χ1) is 8.65. The number of carboxylic acids is 1. The molecule has 96 valence electrons. The molecule has 0 aromatic heterocycles. The molecular formula is C14H17NO3. The maximum atomic E-state index is 12.4. The van der Waals surface area contributed by atoms with Crippen LogP contribution in [-0.4, -0.2) is 34.5 Å². The van der Waals surface area contributed by atoms with Crippen LogP contribution in [0.2, 0.25) is 0 Å². The number of carbonyl (C=O) groups is 2. The molecule has 1 aliphatic rings. The summed E-state index contributed by atoms with van der Waals surface area (Å²) in [7, 11) is 0. The van der Waals surface area contributed by atoms with Crippen molar-refractivity contribution in [3.63, 3.8) is 0 Å². The van der Waals surface area contributed by atoms with Crippen molar-refractivity contribution >= 4 is 11.9 Å². The van der Waals surface area contributed by atoms with Crippen molar-refractivity contribution in [1.29, 1.82) is 0 Å². The molecular weight excluding hydrogens is 230 g/mol. The number of nitrogens with zero attached hydrogens (tertiary/aromatic N) is 1. The third kappa shape index (κ3) is 2.23. The van der Waals surface area contributed by atoms with Crippen LogP contribution in [0.4, 0.5) is 0 Å². The van der Waals surface area contributed by atoms with Gasteiger partial charge in [-0.15, -0.1) is 0 Å². The van der Waals surface area contributed by atoms with Gasteiger partial charge < -0.3 is 10.0 Å². The van der Waals surface area contributed by atoms with Gasteiger partial charge in [0.25, 0.3) is 5.91 Å². The van der Waals surface area contributed by atoms with Crippen LogP contribution in [0.1, 0.15) is 35.7 Å². The largest absolute Gasteiger partial charge is 0.480 e. The Hall–Kier alpha value is -1.84. The van der Waals surface area contributed by atoms with Gasteiger partial charge in [-0.2, -0.15) is 0 Å². The number of benzene rings is 1. The summed E-state index contributed by atoms with van der Waals surface area (Å²) in [6, 6.07) is 6.74. The van der Waals surface area contributed by atoms with E-state index in [2.05, 4.69) is 0 Å². The number of rotatable bonds is 3. The Bertz CT molecular complexity index is 470. The second-order valence-electron chi connectivity index (χ2n) is 4.51. The Labute approximate surface area is 106 Å². The molecule has 1 aromatic rings. The van der Waals surface area contributed by atoms with Crippen molar-refractivity contribution in [2.75, 3.05) is 6.54 Å². The molecule has 1 saturated heterocycles. The number of hydrogen-bond acceptors (Lipinski definition) is 2. The Morgan fingerprint density at radius 2 is 2.11 bits per heavy atom. The predicted molar refractivity (Wildman–Crippen MR) is 67.5 cm³/mol. The van der Waals surface area contributed by atoms with Gasteiger partial charge in [-0.05, 0) is 30.9 Å². The third-order valence-electron chi connectivity index (χ3n) is 3.43. The summed E-state index contributed by atoms with van der Waals surface area (Å²) in [5, 5.41) is 9.11. The molecule has 2 rings (SSSR count). The summed E-state index contributed by atoms with van der Waals surface area (Å²) >= 11 is 0. The van der Waals surface area contributed by atoms with E-state index < -0.39 is 12.0 Å². The number of likely N-dealkylation sites (tertiary alicyclic amines) is 1. The quantitative estimate of drug-likeness (QED) is 0.888. The maximum absolute atomic E-state index is 12.4. The Kier molecular flexibility index (Phi) is 3.65. The zero-order chi connectivity index (χ0) is 13.1. The number of amides is 1. The Morgan fingerprint density at radius 3 is 2.78 bits per heavy atom. The summed E-state index contributed by atoms with van der Waals surface area (Å²) < 4.78 is 0. The third-order valence-corrected chi connectivity index (χ3v) is 3.43. The molecule has 1 atom stereocenters. The maximum Gasteiger partial charge on any atom is 0.326 e. The van der Waals surface area contributed by atoms with Crippen molar-refractivity contribution in [1.82, 2.24) is 4.90 Å². The SMILES string of the molecule is CCc1ccccc1C(=O)N1CCC[C@@H]1C(=O)O. The van der Waals surface area contributed by atoms with E-state index in [0.29, 0.717) is 18.5 Å². The van der Waals surface area contributed by atoms with Gasteiger partial charge in [0.2, 0.25) is 0 Å². The number of carbonyl (C=O) groups excluding carboxylic acids is 1. The minimum absolute atomic E-state index is 0.155. The summed E-state index contributed by atoms with van der Waals surface area (Å²) in [5.74, 6) is -1.06. The first-order valence-corrected chi connectivity index (χ1v) is 6.26. The van der Waals surface area contributed by atoms with Gasteiger partial charge in [-0.25, -0.2) is 4.79 Å². The monoisotopic (exact) mass is 247 g/mol. The number of aryl methyl sites for hydroxylation is 1. The zero-order valence-electron chi connectivity index (χ0n) is 10.4. The minimum atomic E-state index is -0.908. The van der Waals surface area contributed by atoms with Crippen LogP contribution < -0.4 is 0 Å². The van der Waals surface area contributed by atoms with Crippen LogP contribution in [0, 0.1) is 0 Å². The Balaban J connectivity index is 2.28. The number of aliphatic carboxylic acids is 1. The molecule has 18 heavy (non-hydrogen) atoms. The molecule has 0 aliphatic carbocycles. The average molecular weight is 247 g/mol. The minimum Gasteiger partial charge on any atom is -0.480 e. The number of carboxylic acid groups (broad SMARTS) is 1. The second-order valence-corrected chi connectivity index (χ2v) is 4.51. The standard InChI is InChI=1S/C14H17NO3/c1-2-10-6-3-4-7-11(10)13(16)15-9-5-8-12(15)14(17)18/h3-4,6-7,12H,2,5,8-9H2,1H3,(H,17,18)/t12-/m1/s1. The van der Waals surface area contributed by atoms with E-state index in [1.165, 1.54) is 4.90 Å². The van der Waals surface area contributed by atoms with E-state index in [0.717, 1.165) is 18.4 Å². The molecule has 4 heteroatoms. The lowest BCUT2D eigenvalue weighted by atomic mass is 10.0. The fourth-order valence-corrected chi connectivity index (χ4v) is 2.46. The molecule has 1 fully saturated rings. The van der Waals surface area contributed by atoms with Crippen LogP contribution in [-0.2, 0) is 11.2 Å². The molecule has 1 amide bonds. The highest BCUT2D eigenvalue weighted by Gasteiger charge is 2.34. The number of hydrogen-bond donors (Lipinski definition) is 1. The summed E-state index contributed by atoms with van der Waals surface area (Å²) in [4.78, 5) is 25.0. The van der Waals surface area contributed by atoms with Gasteiger partial charge in [-0.3, -0.25) is 4.79 Å². The molecule has 0 bridgehead atoms. The van der Waals surface area contributed by atoms with Gasteiger partial charge >= 0.3 is 5.97 Å². The Morgan fingerprint density at radius 1 is 1.39 bits per heavy atom. The highest BCUT2D eigenvalue weighted by Crippen LogP contribution is 2.22. The van der Waals surface area contributed by atoms with E-state index in [9.17, 15) is 9.59 Å². The van der Waals surface area contributed by atoms with Crippen LogP contribution in [0.5, 0.6) is 0 Å². The van der Waals surface area contributed by atoms with Crippen LogP contribution in [0.15, 0.2) is 24.3 Å². The van der Waals surface area contributed by atoms with E-state index in [1.807, 2.05) is 25.1 Å². The highest BCUT2D eigenvalue weighted by molar-refractivity contribution is 5.98. The van der Waals surface area contributed by atoms with E-state index >= 15 is 0 Å². The van der Waals surface area contributed by atoms with Gasteiger partial charge in [0.1, 0.15) is 6.04 Å². The fraction of sp³-hybridized carbons (Fsp3) is 0.429. The lowest BCUT2D eigenvalue weighted by molar-refractivity contribution is -0.141. The first kappa shape index (κ1) is 12.6. The molecule has 1 aliphatic heterocycles. The van der Waals surface area contributed by atoms with E-state index in [4.69, 9.17) is 5.11 Å². The molecule has 0 spiro atoms. The summed E-state index contributed by atoms with van der Waals surface area (Å²) in [6.07, 6.45) is 2.08. The van der Waals surface area contributed by atoms with Crippen molar-refractivity contribution < 1.29 is 14.7 Å². The summed E-state index contributed by atoms with van der Waals surface area (Å²) in [5.41, 5.74) is 1.60. The normalized spacial score (nSPS) is 18.9. The van der Waals surface area contributed by atoms with E-state index in [1.54, 1.807) is 6.07 Å². The zero-order valence-corrected chi connectivity index (χ0v) is 10.4. The first-order valence-electron chi connectivity index (χ1n) is 6.26. The van der Waals surface area contributed by atoms with Gasteiger partial charge in [0.15, 0.2) is 0 Å². The van der Waals surface area contributed by atoms with Crippen molar-refractivity contribution in [2.45, 2.75) is 32.2 Å². The molecule has 0 saturated carbocycles. The fourth-order valence-electron chi connectivity index (χ4n) is 2.46. The van der Waals surface area contributed by atoms with Crippen LogP contribution in [0.25, 0.3) is 0 Å². The average Bonchev–Trinajstić information content (AvgIpc) is 2.87. The molecule has 0 unspecified atom stereocenters. The lowest BCUT2D eigenvalue weighted by Crippen LogP contribution is -2.40. The molecule has 4 nitrogen and oxygen atoms in total. The molecule has 1 aromatic carbocycles. The topological polar surface area (TPSA) is 57.6 Å². The molecule has 0 radical (unpaired) electrons. The highest BCUT2D eigenvalue weighted by atomic mass is 16.4. The van der Waals surface area contributed by atoms with Crippen LogP contribution in [0.3, 0.4) is 0 Å². The summed E-state index contributed by atoms with van der Waals surface area (Å²) in [6.45, 7) is 2.53. The van der Waals surface area contributed by atoms with Gasteiger partial charge in [0, 0.05) is 12.1 Å². The molecule has 1 N–H and O–H groups in total.